The standard InChI is InChI=1S/C18H20ClNO2/c1-2-17(11-13-6-8-16(19)9-7-13)20-12-14-4-3-5-15(10-14)18(21)22/h3-10,17,20H,2,11-12H2,1H3,(H,21,22). The van der Waals surface area contributed by atoms with Crippen LogP contribution in [-0.2, 0) is 13.0 Å². The molecular formula is C18H20ClNO2. The Labute approximate surface area is 135 Å². The molecule has 0 radical (unpaired) electrons. The van der Waals surface area contributed by atoms with Gasteiger partial charge in [0.15, 0.2) is 0 Å². The number of hydrogen-bond acceptors (Lipinski definition) is 2. The molecule has 1 unspecified atom stereocenters. The number of carboxylic acids is 1. The summed E-state index contributed by atoms with van der Waals surface area (Å²) in [6.07, 6.45) is 1.92. The van der Waals surface area contributed by atoms with Gasteiger partial charge in [-0.15, -0.1) is 0 Å². The van der Waals surface area contributed by atoms with Gasteiger partial charge < -0.3 is 10.4 Å². The van der Waals surface area contributed by atoms with E-state index in [1.807, 2.05) is 30.3 Å². The lowest BCUT2D eigenvalue weighted by atomic mass is 10.0. The fraction of sp³-hybridized carbons (Fsp3) is 0.278. The smallest absolute Gasteiger partial charge is 0.335 e. The van der Waals surface area contributed by atoms with Crippen LogP contribution in [0.1, 0.15) is 34.8 Å². The number of carbonyl (C=O) groups is 1. The maximum Gasteiger partial charge on any atom is 0.335 e. The van der Waals surface area contributed by atoms with Crippen molar-refractivity contribution in [1.29, 1.82) is 0 Å². The molecule has 3 nitrogen and oxygen atoms in total. The van der Waals surface area contributed by atoms with Crippen molar-refractivity contribution in [2.75, 3.05) is 0 Å². The van der Waals surface area contributed by atoms with Crippen molar-refractivity contribution in [3.05, 3.63) is 70.2 Å². The van der Waals surface area contributed by atoms with Crippen LogP contribution in [0.25, 0.3) is 0 Å². The van der Waals surface area contributed by atoms with Gasteiger partial charge in [0.2, 0.25) is 0 Å². The van der Waals surface area contributed by atoms with Crippen LogP contribution >= 0.6 is 11.6 Å². The minimum atomic E-state index is -0.893. The number of carboxylic acid groups (broad SMARTS) is 1. The van der Waals surface area contributed by atoms with E-state index in [0.717, 1.165) is 23.4 Å². The highest BCUT2D eigenvalue weighted by Gasteiger charge is 2.08. The minimum absolute atomic E-state index is 0.324. The summed E-state index contributed by atoms with van der Waals surface area (Å²) in [5.41, 5.74) is 2.54. The SMILES string of the molecule is CCC(Cc1ccc(Cl)cc1)NCc1cccc(C(=O)O)c1. The van der Waals surface area contributed by atoms with Gasteiger partial charge in [-0.2, -0.15) is 0 Å². The number of nitrogens with one attached hydrogen (secondary N) is 1. The van der Waals surface area contributed by atoms with E-state index in [9.17, 15) is 4.79 Å². The average Bonchev–Trinajstić information content (AvgIpc) is 2.53. The van der Waals surface area contributed by atoms with Crippen LogP contribution in [0.5, 0.6) is 0 Å². The van der Waals surface area contributed by atoms with Gasteiger partial charge in [-0.05, 0) is 48.2 Å². The fourth-order valence-electron chi connectivity index (χ4n) is 2.34. The van der Waals surface area contributed by atoms with Gasteiger partial charge in [0.05, 0.1) is 5.56 Å². The molecule has 0 aliphatic rings. The summed E-state index contributed by atoms with van der Waals surface area (Å²) in [6.45, 7) is 2.80. The predicted molar refractivity (Wildman–Crippen MR) is 89.5 cm³/mol. The summed E-state index contributed by atoms with van der Waals surface area (Å²) in [5, 5.41) is 13.3. The van der Waals surface area contributed by atoms with Crippen LogP contribution in [0.3, 0.4) is 0 Å². The molecule has 0 saturated heterocycles. The molecule has 0 heterocycles. The molecule has 0 aliphatic heterocycles. The lowest BCUT2D eigenvalue weighted by molar-refractivity contribution is 0.0696. The normalized spacial score (nSPS) is 12.1. The number of halogens is 1. The second-order valence-corrected chi connectivity index (χ2v) is 5.76. The molecule has 2 aromatic rings. The highest BCUT2D eigenvalue weighted by atomic mass is 35.5. The average molecular weight is 318 g/mol. The Morgan fingerprint density at radius 2 is 1.91 bits per heavy atom. The molecule has 0 aromatic heterocycles. The third kappa shape index (κ3) is 4.86. The van der Waals surface area contributed by atoms with Crippen LogP contribution in [0.15, 0.2) is 48.5 Å². The lowest BCUT2D eigenvalue weighted by Gasteiger charge is -2.17. The molecule has 0 bridgehead atoms. The fourth-order valence-corrected chi connectivity index (χ4v) is 2.47. The molecule has 0 amide bonds. The molecule has 2 N–H and O–H groups in total. The summed E-state index contributed by atoms with van der Waals surface area (Å²) in [5.74, 6) is -0.893. The second kappa shape index (κ2) is 7.97. The zero-order valence-corrected chi connectivity index (χ0v) is 13.3. The number of hydrogen-bond donors (Lipinski definition) is 2. The van der Waals surface area contributed by atoms with E-state index in [1.165, 1.54) is 5.56 Å². The second-order valence-electron chi connectivity index (χ2n) is 5.32. The maximum atomic E-state index is 11.0. The van der Waals surface area contributed by atoms with E-state index in [4.69, 9.17) is 16.7 Å². The first-order valence-electron chi connectivity index (χ1n) is 7.38. The Morgan fingerprint density at radius 1 is 1.18 bits per heavy atom. The molecular weight excluding hydrogens is 298 g/mol. The molecule has 1 atom stereocenters. The van der Waals surface area contributed by atoms with Gasteiger partial charge in [-0.25, -0.2) is 4.79 Å². The maximum absolute atomic E-state index is 11.0. The van der Waals surface area contributed by atoms with Crippen LogP contribution in [0.4, 0.5) is 0 Å². The molecule has 0 saturated carbocycles. The van der Waals surface area contributed by atoms with Crippen LogP contribution < -0.4 is 5.32 Å². The zero-order chi connectivity index (χ0) is 15.9. The minimum Gasteiger partial charge on any atom is -0.478 e. The predicted octanol–water partition coefficient (Wildman–Crippen LogP) is 4.15. The highest BCUT2D eigenvalue weighted by Crippen LogP contribution is 2.13. The van der Waals surface area contributed by atoms with E-state index >= 15 is 0 Å². The van der Waals surface area contributed by atoms with Gasteiger partial charge in [-0.3, -0.25) is 0 Å². The Morgan fingerprint density at radius 3 is 2.55 bits per heavy atom. The first kappa shape index (κ1) is 16.5. The summed E-state index contributed by atoms with van der Waals surface area (Å²) >= 11 is 5.90. The Bertz CT molecular complexity index is 625. The number of benzene rings is 2. The van der Waals surface area contributed by atoms with Crippen LogP contribution in [0.2, 0.25) is 5.02 Å². The third-order valence-corrected chi connectivity index (χ3v) is 3.91. The molecule has 4 heteroatoms. The van der Waals surface area contributed by atoms with Gasteiger partial charge in [-0.1, -0.05) is 42.8 Å². The zero-order valence-electron chi connectivity index (χ0n) is 12.6. The van der Waals surface area contributed by atoms with Crippen molar-refractivity contribution in [1.82, 2.24) is 5.32 Å². The largest absolute Gasteiger partial charge is 0.478 e. The van der Waals surface area contributed by atoms with Crippen molar-refractivity contribution in [3.8, 4) is 0 Å². The Kier molecular flexibility index (Phi) is 5.99. The first-order valence-corrected chi connectivity index (χ1v) is 7.76. The topological polar surface area (TPSA) is 49.3 Å². The van der Waals surface area contributed by atoms with Gasteiger partial charge in [0, 0.05) is 17.6 Å². The molecule has 0 spiro atoms. The first-order chi connectivity index (χ1) is 10.6. The number of aromatic carboxylic acids is 1. The van der Waals surface area contributed by atoms with Crippen molar-refractivity contribution in [3.63, 3.8) is 0 Å². The quantitative estimate of drug-likeness (QED) is 0.806. The summed E-state index contributed by atoms with van der Waals surface area (Å²) in [6, 6.07) is 15.3. The van der Waals surface area contributed by atoms with Gasteiger partial charge >= 0.3 is 5.97 Å². The molecule has 2 aromatic carbocycles. The van der Waals surface area contributed by atoms with E-state index in [2.05, 4.69) is 12.2 Å². The van der Waals surface area contributed by atoms with Crippen LogP contribution in [0, 0.1) is 0 Å². The van der Waals surface area contributed by atoms with E-state index in [1.54, 1.807) is 18.2 Å². The van der Waals surface area contributed by atoms with Gasteiger partial charge in [0.25, 0.3) is 0 Å². The van der Waals surface area contributed by atoms with E-state index in [0.29, 0.717) is 18.2 Å². The van der Waals surface area contributed by atoms with Crippen molar-refractivity contribution >= 4 is 17.6 Å². The van der Waals surface area contributed by atoms with Crippen LogP contribution in [-0.4, -0.2) is 17.1 Å². The van der Waals surface area contributed by atoms with E-state index < -0.39 is 5.97 Å². The van der Waals surface area contributed by atoms with Crippen molar-refractivity contribution in [2.45, 2.75) is 32.4 Å². The molecule has 22 heavy (non-hydrogen) atoms. The third-order valence-electron chi connectivity index (χ3n) is 3.66. The monoisotopic (exact) mass is 317 g/mol. The van der Waals surface area contributed by atoms with E-state index in [-0.39, 0.29) is 0 Å². The Hall–Kier alpha value is -1.84. The van der Waals surface area contributed by atoms with Crippen molar-refractivity contribution < 1.29 is 9.90 Å². The van der Waals surface area contributed by atoms with Gasteiger partial charge in [0.1, 0.15) is 0 Å². The molecule has 0 fully saturated rings. The summed E-state index contributed by atoms with van der Waals surface area (Å²) < 4.78 is 0. The number of rotatable bonds is 7. The molecule has 0 aliphatic carbocycles. The lowest BCUT2D eigenvalue weighted by Crippen LogP contribution is -2.30. The Balaban J connectivity index is 1.94. The molecule has 116 valence electrons. The summed E-state index contributed by atoms with van der Waals surface area (Å²) in [7, 11) is 0. The van der Waals surface area contributed by atoms with Crippen molar-refractivity contribution in [2.24, 2.45) is 0 Å². The summed E-state index contributed by atoms with van der Waals surface area (Å²) in [4.78, 5) is 11.0. The highest BCUT2D eigenvalue weighted by molar-refractivity contribution is 6.30. The molecule has 2 rings (SSSR count).